The van der Waals surface area contributed by atoms with Crippen molar-refractivity contribution in [3.05, 3.63) is 54.2 Å². The monoisotopic (exact) mass is 485 g/mol. The molecule has 0 fully saturated rings. The van der Waals surface area contributed by atoms with Crippen LogP contribution in [0.25, 0.3) is 23.2 Å². The van der Waals surface area contributed by atoms with Crippen molar-refractivity contribution in [1.82, 2.24) is 35.4 Å². The number of alkyl halides is 3. The number of hydrogen-bond acceptors (Lipinski definition) is 10. The fourth-order valence-electron chi connectivity index (χ4n) is 2.94. The smallest absolute Gasteiger partial charge is 0.357 e. The van der Waals surface area contributed by atoms with E-state index in [1.807, 2.05) is 30.3 Å². The highest BCUT2D eigenvalue weighted by Gasteiger charge is 2.29. The summed E-state index contributed by atoms with van der Waals surface area (Å²) in [7, 11) is 3.40. The van der Waals surface area contributed by atoms with E-state index in [1.165, 1.54) is 18.3 Å². The van der Waals surface area contributed by atoms with Gasteiger partial charge in [0.2, 0.25) is 23.5 Å². The van der Waals surface area contributed by atoms with Gasteiger partial charge >= 0.3 is 6.18 Å². The lowest BCUT2D eigenvalue weighted by atomic mass is 10.1. The predicted octanol–water partition coefficient (Wildman–Crippen LogP) is 3.09. The molecular weight excluding hydrogens is 467 g/mol. The van der Waals surface area contributed by atoms with Gasteiger partial charge in [-0.05, 0) is 24.3 Å². The summed E-state index contributed by atoms with van der Waals surface area (Å²) >= 11 is 0. The summed E-state index contributed by atoms with van der Waals surface area (Å²) in [6.45, 7) is -1.50. The second-order valence-electron chi connectivity index (χ2n) is 7.05. The summed E-state index contributed by atoms with van der Waals surface area (Å²) in [6, 6.07) is 12.1. The summed E-state index contributed by atoms with van der Waals surface area (Å²) in [4.78, 5) is 35.3. The molecule has 3 aromatic heterocycles. The minimum Gasteiger partial charge on any atom is -0.357 e. The molecule has 0 spiro atoms. The van der Waals surface area contributed by atoms with E-state index in [9.17, 15) is 18.0 Å². The first-order valence-corrected chi connectivity index (χ1v) is 10.1. The van der Waals surface area contributed by atoms with Crippen molar-refractivity contribution in [2.24, 2.45) is 0 Å². The van der Waals surface area contributed by atoms with E-state index in [0.717, 1.165) is 5.69 Å². The molecule has 35 heavy (non-hydrogen) atoms. The molecule has 1 amide bonds. The van der Waals surface area contributed by atoms with Crippen LogP contribution in [0.2, 0.25) is 0 Å². The van der Waals surface area contributed by atoms with Crippen molar-refractivity contribution in [2.45, 2.75) is 6.18 Å². The molecule has 4 rings (SSSR count). The zero-order valence-electron chi connectivity index (χ0n) is 18.4. The van der Waals surface area contributed by atoms with Crippen LogP contribution in [0.1, 0.15) is 10.4 Å². The molecule has 0 unspecified atom stereocenters. The number of amides is 1. The van der Waals surface area contributed by atoms with Crippen LogP contribution in [-0.4, -0.2) is 62.8 Å². The highest BCUT2D eigenvalue weighted by Crippen LogP contribution is 2.25. The van der Waals surface area contributed by atoms with Gasteiger partial charge in [-0.25, -0.2) is 0 Å². The number of carbonyl (C=O) groups excluding carboxylic acids is 1. The molecule has 0 aliphatic heterocycles. The largest absolute Gasteiger partial charge is 0.405 e. The van der Waals surface area contributed by atoms with Crippen LogP contribution in [0.3, 0.4) is 0 Å². The lowest BCUT2D eigenvalue weighted by Gasteiger charge is -2.17. The number of anilines is 3. The molecular formula is C21H18F3N9O2. The van der Waals surface area contributed by atoms with Gasteiger partial charge in [0.05, 0.1) is 5.56 Å². The number of rotatable bonds is 7. The minimum atomic E-state index is -4.57. The van der Waals surface area contributed by atoms with Crippen molar-refractivity contribution in [1.29, 1.82) is 0 Å². The van der Waals surface area contributed by atoms with Crippen LogP contribution in [0, 0.1) is 0 Å². The zero-order valence-corrected chi connectivity index (χ0v) is 18.4. The Kier molecular flexibility index (Phi) is 6.53. The SMILES string of the molecule is CNc1nc(-c2noc(-c3ncccc3C(=O)NCC(F)(F)F)n2)nc(N(C)c2ccccc2)n1. The van der Waals surface area contributed by atoms with Gasteiger partial charge < -0.3 is 20.1 Å². The molecule has 180 valence electrons. The number of pyridine rings is 1. The Morgan fingerprint density at radius 3 is 2.51 bits per heavy atom. The Morgan fingerprint density at radius 2 is 1.80 bits per heavy atom. The van der Waals surface area contributed by atoms with E-state index >= 15 is 0 Å². The normalized spacial score (nSPS) is 11.2. The molecule has 11 nitrogen and oxygen atoms in total. The minimum absolute atomic E-state index is 0.0334. The third-order valence-electron chi connectivity index (χ3n) is 4.62. The maximum Gasteiger partial charge on any atom is 0.405 e. The predicted molar refractivity (Wildman–Crippen MR) is 119 cm³/mol. The maximum absolute atomic E-state index is 12.5. The molecule has 0 radical (unpaired) electrons. The summed E-state index contributed by atoms with van der Waals surface area (Å²) in [6.07, 6.45) is -3.22. The van der Waals surface area contributed by atoms with Gasteiger partial charge in [0.1, 0.15) is 12.2 Å². The third-order valence-corrected chi connectivity index (χ3v) is 4.62. The Balaban J connectivity index is 1.66. The topological polar surface area (TPSA) is 135 Å². The molecule has 0 bridgehead atoms. The average Bonchev–Trinajstić information content (AvgIpc) is 3.37. The lowest BCUT2D eigenvalue weighted by molar-refractivity contribution is -0.123. The van der Waals surface area contributed by atoms with Crippen LogP contribution in [0.5, 0.6) is 0 Å². The van der Waals surface area contributed by atoms with Crippen molar-refractivity contribution in [3.8, 4) is 23.2 Å². The van der Waals surface area contributed by atoms with Crippen molar-refractivity contribution in [3.63, 3.8) is 0 Å². The lowest BCUT2D eigenvalue weighted by Crippen LogP contribution is -2.34. The summed E-state index contributed by atoms with van der Waals surface area (Å²) < 4.78 is 42.8. The van der Waals surface area contributed by atoms with E-state index in [-0.39, 0.29) is 34.7 Å². The van der Waals surface area contributed by atoms with E-state index < -0.39 is 18.6 Å². The van der Waals surface area contributed by atoms with Gasteiger partial charge in [0, 0.05) is 26.0 Å². The molecule has 0 saturated heterocycles. The third kappa shape index (κ3) is 5.48. The first-order chi connectivity index (χ1) is 16.7. The fraction of sp³-hybridized carbons (Fsp3) is 0.190. The maximum atomic E-state index is 12.5. The number of hydrogen-bond donors (Lipinski definition) is 2. The zero-order chi connectivity index (χ0) is 25.0. The molecule has 2 N–H and O–H groups in total. The molecule has 3 heterocycles. The molecule has 0 aliphatic carbocycles. The number of carbonyl (C=O) groups is 1. The first-order valence-electron chi connectivity index (χ1n) is 10.1. The Bertz CT molecular complexity index is 1330. The van der Waals surface area contributed by atoms with E-state index in [4.69, 9.17) is 4.52 Å². The number of halogens is 3. The number of aromatic nitrogens is 6. The van der Waals surface area contributed by atoms with Crippen LogP contribution in [0.4, 0.5) is 30.8 Å². The summed E-state index contributed by atoms with van der Waals surface area (Å²) in [5.74, 6) is -0.618. The van der Waals surface area contributed by atoms with Crippen molar-refractivity contribution in [2.75, 3.05) is 30.9 Å². The molecule has 4 aromatic rings. The van der Waals surface area contributed by atoms with Gasteiger partial charge in [0.25, 0.3) is 11.8 Å². The second kappa shape index (κ2) is 9.70. The quantitative estimate of drug-likeness (QED) is 0.402. The standard InChI is InChI=1S/C21H18F3N9O2/c1-25-19-29-15(30-20(31-19)33(2)12-7-4-3-5-8-12)16-28-18(35-32-16)14-13(9-6-10-26-14)17(34)27-11-21(22,23)24/h3-10H,11H2,1-2H3,(H,27,34)(H,25,29,30,31). The molecule has 0 saturated carbocycles. The van der Waals surface area contributed by atoms with Gasteiger partial charge in [-0.15, -0.1) is 0 Å². The highest BCUT2D eigenvalue weighted by atomic mass is 19.4. The van der Waals surface area contributed by atoms with Gasteiger partial charge in [-0.2, -0.15) is 33.1 Å². The van der Waals surface area contributed by atoms with Crippen LogP contribution >= 0.6 is 0 Å². The Morgan fingerprint density at radius 1 is 1.03 bits per heavy atom. The molecule has 0 atom stereocenters. The van der Waals surface area contributed by atoms with Gasteiger partial charge in [-0.3, -0.25) is 9.78 Å². The first kappa shape index (κ1) is 23.5. The van der Waals surface area contributed by atoms with E-state index in [0.29, 0.717) is 5.95 Å². The summed E-state index contributed by atoms with van der Waals surface area (Å²) in [5, 5.41) is 8.50. The number of nitrogens with one attached hydrogen (secondary N) is 2. The van der Waals surface area contributed by atoms with E-state index in [1.54, 1.807) is 24.3 Å². The molecule has 14 heteroatoms. The van der Waals surface area contributed by atoms with Crippen LogP contribution in [-0.2, 0) is 0 Å². The fourth-order valence-corrected chi connectivity index (χ4v) is 2.94. The Hall–Kier alpha value is -4.62. The van der Waals surface area contributed by atoms with Crippen molar-refractivity contribution < 1.29 is 22.5 Å². The van der Waals surface area contributed by atoms with Crippen LogP contribution in [0.15, 0.2) is 53.2 Å². The van der Waals surface area contributed by atoms with Gasteiger partial charge in [-0.1, -0.05) is 23.4 Å². The van der Waals surface area contributed by atoms with Gasteiger partial charge in [0.15, 0.2) is 0 Å². The van der Waals surface area contributed by atoms with E-state index in [2.05, 4.69) is 35.4 Å². The molecule has 0 aliphatic rings. The van der Waals surface area contributed by atoms with Crippen molar-refractivity contribution >= 4 is 23.5 Å². The highest BCUT2D eigenvalue weighted by molar-refractivity contribution is 5.99. The molecule has 1 aromatic carbocycles. The summed E-state index contributed by atoms with van der Waals surface area (Å²) in [5.41, 5.74) is 0.571. The Labute approximate surface area is 196 Å². The number of benzene rings is 1. The average molecular weight is 485 g/mol. The number of nitrogens with zero attached hydrogens (tertiary/aromatic N) is 7. The second-order valence-corrected chi connectivity index (χ2v) is 7.05. The van der Waals surface area contributed by atoms with Crippen LogP contribution < -0.4 is 15.5 Å². The number of para-hydroxylation sites is 1.